The van der Waals surface area contributed by atoms with Crippen molar-refractivity contribution < 1.29 is 9.84 Å². The molecule has 2 atom stereocenters. The lowest BCUT2D eigenvalue weighted by Crippen LogP contribution is -2.25. The van der Waals surface area contributed by atoms with Crippen LogP contribution in [0.4, 0.5) is 5.95 Å². The van der Waals surface area contributed by atoms with E-state index in [1.165, 1.54) is 0 Å². The highest BCUT2D eigenvalue weighted by Gasteiger charge is 2.18. The Bertz CT molecular complexity index is 597. The van der Waals surface area contributed by atoms with Crippen LogP contribution in [0.5, 0.6) is 6.01 Å². The summed E-state index contributed by atoms with van der Waals surface area (Å²) in [4.78, 5) is 12.0. The molecule has 2 rings (SSSR count). The van der Waals surface area contributed by atoms with Crippen molar-refractivity contribution >= 4 is 17.5 Å². The SMILES string of the molecule is CCCOc1nc(Cl)nc(NC(C)C(O)c2ccccc2)n1. The highest BCUT2D eigenvalue weighted by atomic mass is 35.5. The number of anilines is 1. The molecule has 0 fully saturated rings. The molecule has 0 bridgehead atoms. The number of aromatic nitrogens is 3. The normalized spacial score (nSPS) is 13.5. The molecule has 22 heavy (non-hydrogen) atoms. The minimum Gasteiger partial charge on any atom is -0.463 e. The van der Waals surface area contributed by atoms with E-state index in [1.54, 1.807) is 0 Å². The molecule has 2 aromatic rings. The largest absolute Gasteiger partial charge is 0.463 e. The monoisotopic (exact) mass is 322 g/mol. The molecule has 0 radical (unpaired) electrons. The van der Waals surface area contributed by atoms with E-state index in [1.807, 2.05) is 44.2 Å². The fraction of sp³-hybridized carbons (Fsp3) is 0.400. The predicted molar refractivity (Wildman–Crippen MR) is 85.1 cm³/mol. The van der Waals surface area contributed by atoms with Crippen LogP contribution < -0.4 is 10.1 Å². The Balaban J connectivity index is 2.07. The van der Waals surface area contributed by atoms with E-state index in [2.05, 4.69) is 20.3 Å². The van der Waals surface area contributed by atoms with Crippen molar-refractivity contribution in [2.24, 2.45) is 0 Å². The second-order valence-electron chi connectivity index (χ2n) is 4.85. The summed E-state index contributed by atoms with van der Waals surface area (Å²) in [5, 5.41) is 13.4. The number of halogens is 1. The molecule has 0 aliphatic heterocycles. The van der Waals surface area contributed by atoms with Crippen molar-refractivity contribution in [1.29, 1.82) is 0 Å². The summed E-state index contributed by atoms with van der Waals surface area (Å²) in [6.07, 6.45) is 0.145. The fourth-order valence-electron chi connectivity index (χ4n) is 1.88. The van der Waals surface area contributed by atoms with E-state index in [9.17, 15) is 5.11 Å². The maximum Gasteiger partial charge on any atom is 0.322 e. The maximum absolute atomic E-state index is 10.3. The van der Waals surface area contributed by atoms with Crippen LogP contribution in [-0.2, 0) is 0 Å². The Hall–Kier alpha value is -1.92. The Kier molecular flexibility index (Phi) is 5.91. The zero-order valence-electron chi connectivity index (χ0n) is 12.5. The Morgan fingerprint density at radius 1 is 1.23 bits per heavy atom. The van der Waals surface area contributed by atoms with Gasteiger partial charge in [-0.25, -0.2) is 0 Å². The van der Waals surface area contributed by atoms with E-state index >= 15 is 0 Å². The summed E-state index contributed by atoms with van der Waals surface area (Å²) in [6, 6.07) is 9.24. The molecule has 0 aliphatic rings. The van der Waals surface area contributed by atoms with E-state index < -0.39 is 6.10 Å². The van der Waals surface area contributed by atoms with Gasteiger partial charge in [0, 0.05) is 0 Å². The molecule has 0 aliphatic carbocycles. The molecule has 1 aromatic carbocycles. The third kappa shape index (κ3) is 4.54. The molecule has 2 unspecified atom stereocenters. The third-order valence-electron chi connectivity index (χ3n) is 2.99. The van der Waals surface area contributed by atoms with Crippen LogP contribution in [0.15, 0.2) is 30.3 Å². The van der Waals surface area contributed by atoms with Gasteiger partial charge < -0.3 is 15.2 Å². The van der Waals surface area contributed by atoms with Gasteiger partial charge in [0.1, 0.15) is 0 Å². The summed E-state index contributed by atoms with van der Waals surface area (Å²) < 4.78 is 5.35. The van der Waals surface area contributed by atoms with Crippen LogP contribution in [0.1, 0.15) is 31.9 Å². The van der Waals surface area contributed by atoms with Gasteiger partial charge in [0.25, 0.3) is 0 Å². The lowest BCUT2D eigenvalue weighted by Gasteiger charge is -2.20. The molecular formula is C15H19ClN4O2. The molecule has 0 saturated heterocycles. The number of hydrogen-bond donors (Lipinski definition) is 2. The summed E-state index contributed by atoms with van der Waals surface area (Å²) in [5.41, 5.74) is 0.810. The standard InChI is InChI=1S/C15H19ClN4O2/c1-3-9-22-15-19-13(16)18-14(20-15)17-10(2)12(21)11-7-5-4-6-8-11/h4-8,10,12,21H,3,9H2,1-2H3,(H,17,18,19,20). The van der Waals surface area contributed by atoms with Gasteiger partial charge in [-0.05, 0) is 30.5 Å². The number of nitrogens with zero attached hydrogens (tertiary/aromatic N) is 3. The van der Waals surface area contributed by atoms with Crippen molar-refractivity contribution in [3.63, 3.8) is 0 Å². The zero-order valence-corrected chi connectivity index (χ0v) is 13.3. The first-order chi connectivity index (χ1) is 10.6. The van der Waals surface area contributed by atoms with Gasteiger partial charge >= 0.3 is 6.01 Å². The van der Waals surface area contributed by atoms with Gasteiger partial charge in [0.05, 0.1) is 18.8 Å². The summed E-state index contributed by atoms with van der Waals surface area (Å²) in [7, 11) is 0. The molecule has 2 N–H and O–H groups in total. The molecule has 6 nitrogen and oxygen atoms in total. The topological polar surface area (TPSA) is 80.2 Å². The van der Waals surface area contributed by atoms with Crippen LogP contribution in [0.3, 0.4) is 0 Å². The predicted octanol–water partition coefficient (Wildman–Crippen LogP) is 2.85. The Labute approximate surface area is 134 Å². The molecular weight excluding hydrogens is 304 g/mol. The molecule has 1 aromatic heterocycles. The Morgan fingerprint density at radius 3 is 2.64 bits per heavy atom. The van der Waals surface area contributed by atoms with Crippen LogP contribution in [-0.4, -0.2) is 32.7 Å². The lowest BCUT2D eigenvalue weighted by molar-refractivity contribution is 0.160. The van der Waals surface area contributed by atoms with E-state index in [-0.39, 0.29) is 23.3 Å². The molecule has 0 amide bonds. The maximum atomic E-state index is 10.3. The van der Waals surface area contributed by atoms with Gasteiger partial charge in [0.2, 0.25) is 11.2 Å². The average Bonchev–Trinajstić information content (AvgIpc) is 2.52. The molecule has 0 saturated carbocycles. The number of aliphatic hydroxyl groups is 1. The van der Waals surface area contributed by atoms with Gasteiger partial charge in [0.15, 0.2) is 0 Å². The fourth-order valence-corrected chi connectivity index (χ4v) is 2.03. The minimum absolute atomic E-state index is 0.0463. The second-order valence-corrected chi connectivity index (χ2v) is 5.19. The first-order valence-corrected chi connectivity index (χ1v) is 7.52. The van der Waals surface area contributed by atoms with Crippen molar-refractivity contribution in [1.82, 2.24) is 15.0 Å². The van der Waals surface area contributed by atoms with Gasteiger partial charge in [-0.1, -0.05) is 37.3 Å². The summed E-state index contributed by atoms with van der Waals surface area (Å²) in [6.45, 7) is 4.32. The van der Waals surface area contributed by atoms with Crippen molar-refractivity contribution in [2.75, 3.05) is 11.9 Å². The van der Waals surface area contributed by atoms with Gasteiger partial charge in [-0.2, -0.15) is 15.0 Å². The van der Waals surface area contributed by atoms with Crippen molar-refractivity contribution in [2.45, 2.75) is 32.4 Å². The molecule has 7 heteroatoms. The first kappa shape index (κ1) is 16.5. The van der Waals surface area contributed by atoms with Crippen molar-refractivity contribution in [3.05, 3.63) is 41.2 Å². The average molecular weight is 323 g/mol. The zero-order chi connectivity index (χ0) is 15.9. The van der Waals surface area contributed by atoms with Crippen LogP contribution in [0.2, 0.25) is 5.28 Å². The second kappa shape index (κ2) is 7.91. The number of nitrogens with one attached hydrogen (secondary N) is 1. The molecule has 1 heterocycles. The van der Waals surface area contributed by atoms with E-state index in [0.717, 1.165) is 12.0 Å². The minimum atomic E-state index is -0.697. The van der Waals surface area contributed by atoms with E-state index in [0.29, 0.717) is 6.61 Å². The number of benzene rings is 1. The third-order valence-corrected chi connectivity index (χ3v) is 3.16. The number of rotatable bonds is 7. The first-order valence-electron chi connectivity index (χ1n) is 7.14. The van der Waals surface area contributed by atoms with Crippen LogP contribution >= 0.6 is 11.6 Å². The molecule has 118 valence electrons. The lowest BCUT2D eigenvalue weighted by atomic mass is 10.0. The number of aliphatic hydroxyl groups excluding tert-OH is 1. The van der Waals surface area contributed by atoms with Gasteiger partial charge in [-0.15, -0.1) is 0 Å². The quantitative estimate of drug-likeness (QED) is 0.816. The summed E-state index contributed by atoms with van der Waals surface area (Å²) >= 11 is 5.86. The van der Waals surface area contributed by atoms with Crippen molar-refractivity contribution in [3.8, 4) is 6.01 Å². The molecule has 0 spiro atoms. The highest BCUT2D eigenvalue weighted by molar-refractivity contribution is 6.28. The number of ether oxygens (including phenoxy) is 1. The smallest absolute Gasteiger partial charge is 0.322 e. The van der Waals surface area contributed by atoms with Crippen LogP contribution in [0.25, 0.3) is 0 Å². The number of hydrogen-bond acceptors (Lipinski definition) is 6. The van der Waals surface area contributed by atoms with Crippen LogP contribution in [0, 0.1) is 0 Å². The van der Waals surface area contributed by atoms with Gasteiger partial charge in [-0.3, -0.25) is 0 Å². The Morgan fingerprint density at radius 2 is 1.95 bits per heavy atom. The highest BCUT2D eigenvalue weighted by Crippen LogP contribution is 2.20. The van der Waals surface area contributed by atoms with E-state index in [4.69, 9.17) is 16.3 Å². The summed E-state index contributed by atoms with van der Waals surface area (Å²) in [5.74, 6) is 0.272.